The van der Waals surface area contributed by atoms with Crippen LogP contribution < -0.4 is 9.47 Å². The van der Waals surface area contributed by atoms with Crippen LogP contribution in [-0.4, -0.2) is 41.2 Å². The zero-order chi connectivity index (χ0) is 24.2. The van der Waals surface area contributed by atoms with E-state index in [9.17, 15) is 19.7 Å². The largest absolute Gasteiger partial charge is 0.493 e. The van der Waals surface area contributed by atoms with Crippen LogP contribution in [0.15, 0.2) is 63.9 Å². The molecule has 1 aliphatic heterocycles. The van der Waals surface area contributed by atoms with Gasteiger partial charge in [0, 0.05) is 23.8 Å². The molecule has 1 saturated heterocycles. The van der Waals surface area contributed by atoms with Crippen LogP contribution in [0.4, 0.5) is 10.5 Å². The van der Waals surface area contributed by atoms with Gasteiger partial charge in [0.2, 0.25) is 0 Å². The fourth-order valence-corrected chi connectivity index (χ4v) is 4.31. The Morgan fingerprint density at radius 3 is 2.62 bits per heavy atom. The second-order valence-corrected chi connectivity index (χ2v) is 8.36. The predicted octanol–water partition coefficient (Wildman–Crippen LogP) is 5.63. The molecule has 9 nitrogen and oxygen atoms in total. The van der Waals surface area contributed by atoms with E-state index in [4.69, 9.17) is 25.5 Å². The van der Waals surface area contributed by atoms with Gasteiger partial charge in [0.15, 0.2) is 11.5 Å². The van der Waals surface area contributed by atoms with Crippen LogP contribution in [-0.2, 0) is 4.79 Å². The predicted molar refractivity (Wildman–Crippen MR) is 127 cm³/mol. The first-order valence-electron chi connectivity index (χ1n) is 9.92. The van der Waals surface area contributed by atoms with Gasteiger partial charge < -0.3 is 13.9 Å². The van der Waals surface area contributed by atoms with Gasteiger partial charge in [-0.05, 0) is 42.1 Å². The average Bonchev–Trinajstić information content (AvgIpc) is 3.39. The monoisotopic (exact) mass is 500 g/mol. The number of thioether (sulfide) groups is 1. The van der Waals surface area contributed by atoms with Crippen molar-refractivity contribution >= 4 is 46.3 Å². The molecular weight excluding hydrogens is 484 g/mol. The van der Waals surface area contributed by atoms with E-state index in [2.05, 4.69) is 0 Å². The fourth-order valence-electron chi connectivity index (χ4n) is 3.20. The number of furan rings is 1. The first-order chi connectivity index (χ1) is 16.4. The van der Waals surface area contributed by atoms with Crippen molar-refractivity contribution in [3.63, 3.8) is 0 Å². The van der Waals surface area contributed by atoms with Gasteiger partial charge in [-0.25, -0.2) is 0 Å². The van der Waals surface area contributed by atoms with Crippen LogP contribution in [0.25, 0.3) is 17.4 Å². The lowest BCUT2D eigenvalue weighted by molar-refractivity contribution is -0.384. The third kappa shape index (κ3) is 4.92. The summed E-state index contributed by atoms with van der Waals surface area (Å²) in [4.78, 5) is 36.7. The van der Waals surface area contributed by atoms with Crippen molar-refractivity contribution in [1.29, 1.82) is 0 Å². The maximum atomic E-state index is 12.7. The molecule has 1 aromatic heterocycles. The molecule has 0 aliphatic carbocycles. The second kappa shape index (κ2) is 10.0. The van der Waals surface area contributed by atoms with Crippen molar-refractivity contribution < 1.29 is 28.4 Å². The summed E-state index contributed by atoms with van der Waals surface area (Å²) in [5, 5.41) is 10.6. The highest BCUT2D eigenvalue weighted by molar-refractivity contribution is 8.18. The summed E-state index contributed by atoms with van der Waals surface area (Å²) in [6.45, 7) is 0.178. The first kappa shape index (κ1) is 23.4. The molecule has 2 amide bonds. The Labute approximate surface area is 203 Å². The number of halogens is 1. The van der Waals surface area contributed by atoms with Gasteiger partial charge in [-0.3, -0.25) is 24.6 Å². The SMILES string of the molecule is COc1ccccc1OCCN1C(=O)S/C(=C\c2ccc(-c3ccc([N+](=O)[O-])cc3Cl)o2)C1=O. The van der Waals surface area contributed by atoms with Crippen LogP contribution in [0.2, 0.25) is 5.02 Å². The molecule has 34 heavy (non-hydrogen) atoms. The topological polar surface area (TPSA) is 112 Å². The lowest BCUT2D eigenvalue weighted by atomic mass is 10.1. The minimum atomic E-state index is -0.541. The van der Waals surface area contributed by atoms with Crippen molar-refractivity contribution in [3.8, 4) is 22.8 Å². The number of hydrogen-bond donors (Lipinski definition) is 0. The third-order valence-corrected chi connectivity index (χ3v) is 6.06. The van der Waals surface area contributed by atoms with Gasteiger partial charge >= 0.3 is 0 Å². The molecule has 3 aromatic rings. The highest BCUT2D eigenvalue weighted by Gasteiger charge is 2.35. The van der Waals surface area contributed by atoms with Crippen LogP contribution in [0.3, 0.4) is 0 Å². The number of para-hydroxylation sites is 2. The molecule has 2 aromatic carbocycles. The highest BCUT2D eigenvalue weighted by Crippen LogP contribution is 2.35. The Bertz CT molecular complexity index is 1300. The van der Waals surface area contributed by atoms with Crippen molar-refractivity contribution in [2.45, 2.75) is 0 Å². The van der Waals surface area contributed by atoms with Crippen molar-refractivity contribution in [2.75, 3.05) is 20.3 Å². The fraction of sp³-hybridized carbons (Fsp3) is 0.130. The van der Waals surface area contributed by atoms with Gasteiger partial charge in [-0.1, -0.05) is 23.7 Å². The molecular formula is C23H17ClN2O7S. The van der Waals surface area contributed by atoms with Gasteiger partial charge in [-0.15, -0.1) is 0 Å². The van der Waals surface area contributed by atoms with Crippen LogP contribution in [0.5, 0.6) is 11.5 Å². The maximum Gasteiger partial charge on any atom is 0.293 e. The lowest BCUT2D eigenvalue weighted by Crippen LogP contribution is -2.32. The average molecular weight is 501 g/mol. The minimum absolute atomic E-state index is 0.0713. The van der Waals surface area contributed by atoms with Gasteiger partial charge in [-0.2, -0.15) is 0 Å². The molecule has 0 radical (unpaired) electrons. The zero-order valence-corrected chi connectivity index (χ0v) is 19.3. The lowest BCUT2D eigenvalue weighted by Gasteiger charge is -2.14. The normalized spacial score (nSPS) is 14.6. The number of imide groups is 1. The number of non-ortho nitro benzene ring substituents is 1. The van der Waals surface area contributed by atoms with E-state index in [1.54, 1.807) is 30.3 Å². The summed E-state index contributed by atoms with van der Waals surface area (Å²) in [5.74, 6) is 1.32. The number of benzene rings is 2. The molecule has 1 fully saturated rings. The number of amides is 2. The number of hydrogen-bond acceptors (Lipinski definition) is 8. The van der Waals surface area contributed by atoms with Crippen LogP contribution >= 0.6 is 23.4 Å². The third-order valence-electron chi connectivity index (χ3n) is 4.84. The van der Waals surface area contributed by atoms with Crippen molar-refractivity contribution in [2.24, 2.45) is 0 Å². The van der Waals surface area contributed by atoms with E-state index >= 15 is 0 Å². The summed E-state index contributed by atoms with van der Waals surface area (Å²) in [6, 6.07) is 14.4. The molecule has 0 bridgehead atoms. The zero-order valence-electron chi connectivity index (χ0n) is 17.7. The van der Waals surface area contributed by atoms with E-state index in [-0.39, 0.29) is 28.8 Å². The number of nitro benzene ring substituents is 1. The summed E-state index contributed by atoms with van der Waals surface area (Å²) >= 11 is 6.95. The number of methoxy groups -OCH3 is 1. The molecule has 4 rings (SSSR count). The van der Waals surface area contributed by atoms with Gasteiger partial charge in [0.25, 0.3) is 16.8 Å². The Morgan fingerprint density at radius 2 is 1.91 bits per heavy atom. The van der Waals surface area contributed by atoms with Gasteiger partial charge in [0.05, 0.1) is 28.5 Å². The Balaban J connectivity index is 1.43. The Hall–Kier alpha value is -3.76. The first-order valence-corrected chi connectivity index (χ1v) is 11.1. The molecule has 1 aliphatic rings. The van der Waals surface area contributed by atoms with E-state index in [1.165, 1.54) is 31.4 Å². The molecule has 0 saturated carbocycles. The minimum Gasteiger partial charge on any atom is -0.493 e. The van der Waals surface area contributed by atoms with Gasteiger partial charge in [0.1, 0.15) is 18.1 Å². The standard InChI is InChI=1S/C23H17ClN2O7S/c1-31-19-4-2-3-5-20(19)32-11-10-25-22(27)21(34-23(25)28)13-15-7-9-18(33-15)16-8-6-14(26(29)30)12-17(16)24/h2-9,12-13H,10-11H2,1H3/b21-13-. The molecule has 11 heteroatoms. The quantitative estimate of drug-likeness (QED) is 0.222. The van der Waals surface area contributed by atoms with E-state index < -0.39 is 16.1 Å². The molecule has 0 atom stereocenters. The summed E-state index contributed by atoms with van der Waals surface area (Å²) < 4.78 is 16.6. The molecule has 2 heterocycles. The number of nitrogens with zero attached hydrogens (tertiary/aromatic N) is 2. The number of nitro groups is 1. The Morgan fingerprint density at radius 1 is 1.15 bits per heavy atom. The number of carbonyl (C=O) groups excluding carboxylic acids is 2. The molecule has 0 unspecified atom stereocenters. The summed E-state index contributed by atoms with van der Waals surface area (Å²) in [6.07, 6.45) is 1.47. The van der Waals surface area contributed by atoms with E-state index in [0.717, 1.165) is 16.7 Å². The van der Waals surface area contributed by atoms with E-state index in [1.807, 2.05) is 6.07 Å². The Kier molecular flexibility index (Phi) is 6.90. The van der Waals surface area contributed by atoms with Crippen LogP contribution in [0, 0.1) is 10.1 Å². The smallest absolute Gasteiger partial charge is 0.293 e. The highest BCUT2D eigenvalue weighted by atomic mass is 35.5. The van der Waals surface area contributed by atoms with E-state index in [0.29, 0.717) is 28.6 Å². The second-order valence-electron chi connectivity index (χ2n) is 6.96. The maximum absolute atomic E-state index is 12.7. The van der Waals surface area contributed by atoms with Crippen LogP contribution in [0.1, 0.15) is 5.76 Å². The summed E-state index contributed by atoms with van der Waals surface area (Å²) in [7, 11) is 1.53. The molecule has 0 N–H and O–H groups in total. The number of carbonyl (C=O) groups is 2. The number of rotatable bonds is 8. The number of ether oxygens (including phenoxy) is 2. The van der Waals surface area contributed by atoms with Crippen molar-refractivity contribution in [3.05, 3.63) is 80.4 Å². The van der Waals surface area contributed by atoms with Crippen molar-refractivity contribution in [1.82, 2.24) is 4.90 Å². The molecule has 0 spiro atoms. The summed E-state index contributed by atoms with van der Waals surface area (Å²) in [5.41, 5.74) is 0.331. The molecule has 174 valence electrons.